The number of carbonyl (C=O) groups is 1. The summed E-state index contributed by atoms with van der Waals surface area (Å²) in [6.07, 6.45) is 0.501. The Labute approximate surface area is 154 Å². The third-order valence-electron chi connectivity index (χ3n) is 4.99. The lowest BCUT2D eigenvalue weighted by Gasteiger charge is -2.33. The van der Waals surface area contributed by atoms with Crippen LogP contribution in [0.2, 0.25) is 0 Å². The highest BCUT2D eigenvalue weighted by molar-refractivity contribution is 9.10. The minimum absolute atomic E-state index is 0.0196. The Morgan fingerprint density at radius 1 is 1.24 bits per heavy atom. The van der Waals surface area contributed by atoms with Crippen LogP contribution >= 0.6 is 15.9 Å². The molecule has 0 saturated carbocycles. The number of rotatable bonds is 2. The summed E-state index contributed by atoms with van der Waals surface area (Å²) in [5.74, 6) is -0.228. The molecule has 0 spiro atoms. The predicted molar refractivity (Wildman–Crippen MR) is 99.2 cm³/mol. The van der Waals surface area contributed by atoms with Crippen molar-refractivity contribution < 1.29 is 4.79 Å². The summed E-state index contributed by atoms with van der Waals surface area (Å²) in [4.78, 5) is 13.1. The number of ketones is 1. The van der Waals surface area contributed by atoms with Gasteiger partial charge in [-0.2, -0.15) is 10.4 Å². The van der Waals surface area contributed by atoms with E-state index in [-0.39, 0.29) is 17.7 Å². The van der Waals surface area contributed by atoms with E-state index in [4.69, 9.17) is 5.10 Å². The van der Waals surface area contributed by atoms with Crippen LogP contribution in [0.3, 0.4) is 0 Å². The molecule has 4 rings (SSSR count). The van der Waals surface area contributed by atoms with E-state index in [9.17, 15) is 10.1 Å². The number of hydrogen-bond donors (Lipinski definition) is 0. The lowest BCUT2D eigenvalue weighted by molar-refractivity contribution is 0.0833. The molecule has 4 nitrogen and oxygen atoms in total. The molecule has 0 aromatic heterocycles. The molecule has 1 saturated heterocycles. The molecule has 124 valence electrons. The molecule has 3 unspecified atom stereocenters. The fraction of sp³-hybridized carbons (Fsp3) is 0.250. The van der Waals surface area contributed by atoms with E-state index in [0.717, 1.165) is 21.3 Å². The fourth-order valence-electron chi connectivity index (χ4n) is 3.82. The smallest absolute Gasteiger partial charge is 0.186 e. The second kappa shape index (κ2) is 6.12. The van der Waals surface area contributed by atoms with Crippen molar-refractivity contribution in [1.29, 1.82) is 5.26 Å². The first-order chi connectivity index (χ1) is 12.1. The van der Waals surface area contributed by atoms with Gasteiger partial charge in [-0.05, 0) is 31.0 Å². The summed E-state index contributed by atoms with van der Waals surface area (Å²) in [5, 5.41) is 16.2. The van der Waals surface area contributed by atoms with Crippen molar-refractivity contribution in [2.24, 2.45) is 11.0 Å². The molecule has 2 aliphatic rings. The van der Waals surface area contributed by atoms with Crippen molar-refractivity contribution in [2.45, 2.75) is 25.4 Å². The molecule has 0 amide bonds. The van der Waals surface area contributed by atoms with Gasteiger partial charge < -0.3 is 0 Å². The molecule has 0 bridgehead atoms. The summed E-state index contributed by atoms with van der Waals surface area (Å²) in [7, 11) is 0. The lowest BCUT2D eigenvalue weighted by Crippen LogP contribution is -2.37. The summed E-state index contributed by atoms with van der Waals surface area (Å²) >= 11 is 3.39. The topological polar surface area (TPSA) is 56.5 Å². The number of hydrazone groups is 1. The van der Waals surface area contributed by atoms with Gasteiger partial charge in [0.25, 0.3) is 0 Å². The minimum Gasteiger partial charge on any atom is -0.292 e. The lowest BCUT2D eigenvalue weighted by atomic mass is 9.89. The SMILES string of the molecule is CC1=NN2C(C(=O)c3ccc(Br)cc3)CC(C#N)C2c2ccccc21. The number of benzene rings is 2. The zero-order valence-corrected chi connectivity index (χ0v) is 15.3. The van der Waals surface area contributed by atoms with Gasteiger partial charge in [0.05, 0.1) is 23.7 Å². The Morgan fingerprint density at radius 3 is 2.68 bits per heavy atom. The van der Waals surface area contributed by atoms with Crippen LogP contribution in [-0.4, -0.2) is 22.5 Å². The Bertz CT molecular complexity index is 913. The molecule has 2 aliphatic heterocycles. The van der Waals surface area contributed by atoms with Crippen molar-refractivity contribution >= 4 is 27.4 Å². The van der Waals surface area contributed by atoms with Crippen molar-refractivity contribution in [1.82, 2.24) is 5.01 Å². The normalized spacial score (nSPS) is 24.1. The fourth-order valence-corrected chi connectivity index (χ4v) is 4.08. The summed E-state index contributed by atoms with van der Waals surface area (Å²) < 4.78 is 0.934. The highest BCUT2D eigenvalue weighted by Gasteiger charge is 2.47. The number of hydrogen-bond acceptors (Lipinski definition) is 4. The average Bonchev–Trinajstić information content (AvgIpc) is 3.00. The number of nitriles is 1. The molecule has 0 aliphatic carbocycles. The van der Waals surface area contributed by atoms with E-state index in [1.165, 1.54) is 0 Å². The summed E-state index contributed by atoms with van der Waals surface area (Å²) in [5.41, 5.74) is 3.70. The second-order valence-electron chi connectivity index (χ2n) is 6.46. The Hall–Kier alpha value is -2.45. The number of Topliss-reactive ketones (excluding diaryl/α,β-unsaturated/α-hetero) is 1. The van der Waals surface area contributed by atoms with Crippen LogP contribution in [0.15, 0.2) is 58.1 Å². The Balaban J connectivity index is 1.76. The van der Waals surface area contributed by atoms with Gasteiger partial charge in [0.15, 0.2) is 5.78 Å². The van der Waals surface area contributed by atoms with Gasteiger partial charge in [-0.15, -0.1) is 0 Å². The van der Waals surface area contributed by atoms with Crippen molar-refractivity contribution in [3.8, 4) is 6.07 Å². The third-order valence-corrected chi connectivity index (χ3v) is 5.52. The van der Waals surface area contributed by atoms with E-state index >= 15 is 0 Å². The standard InChI is InChI=1S/C20H16BrN3O/c1-12-16-4-2-3-5-17(16)19-14(11-22)10-18(24(19)23-12)20(25)13-6-8-15(21)9-7-13/h2-9,14,18-19H,10H2,1H3. The first kappa shape index (κ1) is 16.0. The Kier molecular flexibility index (Phi) is 3.93. The van der Waals surface area contributed by atoms with E-state index < -0.39 is 6.04 Å². The number of fused-ring (bicyclic) bond motifs is 3. The average molecular weight is 394 g/mol. The largest absolute Gasteiger partial charge is 0.292 e. The van der Waals surface area contributed by atoms with Gasteiger partial charge in [-0.1, -0.05) is 52.3 Å². The van der Waals surface area contributed by atoms with Crippen LogP contribution in [-0.2, 0) is 0 Å². The van der Waals surface area contributed by atoms with E-state index in [0.29, 0.717) is 12.0 Å². The molecule has 5 heteroatoms. The van der Waals surface area contributed by atoms with E-state index in [2.05, 4.69) is 22.0 Å². The summed E-state index contributed by atoms with van der Waals surface area (Å²) in [6.45, 7) is 1.95. The zero-order chi connectivity index (χ0) is 17.6. The highest BCUT2D eigenvalue weighted by atomic mass is 79.9. The molecular formula is C20H16BrN3O. The number of carbonyl (C=O) groups excluding carboxylic acids is 1. The summed E-state index contributed by atoms with van der Waals surface area (Å²) in [6, 6.07) is 17.2. The molecule has 3 atom stereocenters. The van der Waals surface area contributed by atoms with Gasteiger partial charge in [0, 0.05) is 15.6 Å². The molecule has 2 aromatic carbocycles. The molecule has 2 heterocycles. The number of halogens is 1. The third kappa shape index (κ3) is 2.58. The molecule has 0 N–H and O–H groups in total. The second-order valence-corrected chi connectivity index (χ2v) is 7.37. The predicted octanol–water partition coefficient (Wildman–Crippen LogP) is 4.32. The minimum atomic E-state index is -0.404. The maximum atomic E-state index is 13.1. The number of nitrogens with zero attached hydrogens (tertiary/aromatic N) is 3. The maximum Gasteiger partial charge on any atom is 0.186 e. The van der Waals surface area contributed by atoms with Crippen LogP contribution < -0.4 is 0 Å². The molecule has 25 heavy (non-hydrogen) atoms. The monoisotopic (exact) mass is 393 g/mol. The van der Waals surface area contributed by atoms with E-state index in [1.807, 2.05) is 60.5 Å². The quantitative estimate of drug-likeness (QED) is 0.713. The van der Waals surface area contributed by atoms with Gasteiger partial charge in [0.2, 0.25) is 0 Å². The van der Waals surface area contributed by atoms with Gasteiger partial charge in [0.1, 0.15) is 6.04 Å². The van der Waals surface area contributed by atoms with Gasteiger partial charge in [-0.25, -0.2) is 0 Å². The van der Waals surface area contributed by atoms with Crippen LogP contribution in [0.1, 0.15) is 40.9 Å². The zero-order valence-electron chi connectivity index (χ0n) is 13.7. The first-order valence-corrected chi connectivity index (χ1v) is 9.01. The first-order valence-electron chi connectivity index (χ1n) is 8.22. The maximum absolute atomic E-state index is 13.1. The molecule has 2 aromatic rings. The van der Waals surface area contributed by atoms with E-state index in [1.54, 1.807) is 0 Å². The Morgan fingerprint density at radius 2 is 1.96 bits per heavy atom. The van der Waals surface area contributed by atoms with Gasteiger partial charge >= 0.3 is 0 Å². The van der Waals surface area contributed by atoms with Crippen LogP contribution in [0.25, 0.3) is 0 Å². The van der Waals surface area contributed by atoms with Crippen molar-refractivity contribution in [3.63, 3.8) is 0 Å². The molecular weight excluding hydrogens is 378 g/mol. The highest BCUT2D eigenvalue weighted by Crippen LogP contribution is 2.45. The van der Waals surface area contributed by atoms with Crippen LogP contribution in [0.5, 0.6) is 0 Å². The van der Waals surface area contributed by atoms with Crippen LogP contribution in [0, 0.1) is 17.2 Å². The van der Waals surface area contributed by atoms with Crippen molar-refractivity contribution in [3.05, 3.63) is 69.7 Å². The van der Waals surface area contributed by atoms with Crippen molar-refractivity contribution in [2.75, 3.05) is 0 Å². The van der Waals surface area contributed by atoms with Crippen LogP contribution in [0.4, 0.5) is 0 Å². The molecule has 0 radical (unpaired) electrons. The molecule has 1 fully saturated rings. The van der Waals surface area contributed by atoms with Gasteiger partial charge in [-0.3, -0.25) is 9.80 Å².